The van der Waals surface area contributed by atoms with Crippen molar-refractivity contribution in [3.05, 3.63) is 90.2 Å². The molecule has 0 heterocycles. The van der Waals surface area contributed by atoms with Gasteiger partial charge < -0.3 is 4.74 Å². The monoisotopic (exact) mass is 302 g/mol. The predicted molar refractivity (Wildman–Crippen MR) is 93.8 cm³/mol. The van der Waals surface area contributed by atoms with E-state index in [-0.39, 0.29) is 0 Å². The topological polar surface area (TPSA) is 26.3 Å². The van der Waals surface area contributed by atoms with Crippen LogP contribution in [-0.2, 0) is 16.0 Å². The van der Waals surface area contributed by atoms with Crippen LogP contribution in [0.3, 0.4) is 0 Å². The molecule has 0 aliphatic carbocycles. The molecule has 0 unspecified atom stereocenters. The van der Waals surface area contributed by atoms with Gasteiger partial charge in [0.2, 0.25) is 0 Å². The summed E-state index contributed by atoms with van der Waals surface area (Å²) in [7, 11) is 0. The number of aryl methyl sites for hydroxylation is 1. The fraction of sp³-hybridized carbons (Fsp3) is 0.0952. The zero-order valence-corrected chi connectivity index (χ0v) is 12.8. The van der Waals surface area contributed by atoms with Gasteiger partial charge in [-0.25, -0.2) is 0 Å². The van der Waals surface area contributed by atoms with Crippen molar-refractivity contribution in [2.45, 2.75) is 12.8 Å². The first-order chi connectivity index (χ1) is 11.4. The number of hydrogen-bond acceptors (Lipinski definition) is 2. The first-order valence-corrected chi connectivity index (χ1v) is 7.68. The molecule has 0 fully saturated rings. The number of rotatable bonds is 6. The van der Waals surface area contributed by atoms with Gasteiger partial charge in [0.15, 0.2) is 0 Å². The van der Waals surface area contributed by atoms with Crippen molar-refractivity contribution in [2.24, 2.45) is 0 Å². The van der Waals surface area contributed by atoms with Gasteiger partial charge in [-0.15, -0.1) is 0 Å². The molecule has 0 spiro atoms. The van der Waals surface area contributed by atoms with Crippen LogP contribution in [0.4, 0.5) is 0 Å². The van der Waals surface area contributed by atoms with Crippen molar-refractivity contribution in [3.8, 4) is 0 Å². The lowest BCUT2D eigenvalue weighted by Crippen LogP contribution is -1.92. The van der Waals surface area contributed by atoms with Crippen molar-refractivity contribution < 1.29 is 9.53 Å². The molecule has 3 rings (SSSR count). The Hall–Kier alpha value is -2.87. The van der Waals surface area contributed by atoms with Gasteiger partial charge in [0.05, 0.1) is 6.26 Å². The summed E-state index contributed by atoms with van der Waals surface area (Å²) < 4.78 is 4.87. The zero-order valence-electron chi connectivity index (χ0n) is 12.8. The molecule has 0 N–H and O–H groups in total. The number of hydrogen-bond donors (Lipinski definition) is 0. The van der Waals surface area contributed by atoms with Crippen LogP contribution in [-0.4, -0.2) is 6.47 Å². The van der Waals surface area contributed by atoms with Crippen LogP contribution < -0.4 is 0 Å². The van der Waals surface area contributed by atoms with Crippen molar-refractivity contribution in [1.82, 2.24) is 0 Å². The molecule has 0 amide bonds. The lowest BCUT2D eigenvalue weighted by Gasteiger charge is -2.08. The van der Waals surface area contributed by atoms with E-state index in [4.69, 9.17) is 4.74 Å². The maximum atomic E-state index is 10.5. The number of fused-ring (bicyclic) bond motifs is 1. The van der Waals surface area contributed by atoms with E-state index < -0.39 is 0 Å². The van der Waals surface area contributed by atoms with Gasteiger partial charge in [-0.3, -0.25) is 4.79 Å². The maximum Gasteiger partial charge on any atom is 0.297 e. The van der Waals surface area contributed by atoms with Gasteiger partial charge in [-0.05, 0) is 40.3 Å². The molecule has 114 valence electrons. The fourth-order valence-corrected chi connectivity index (χ4v) is 2.71. The molecule has 3 aromatic rings. The summed E-state index contributed by atoms with van der Waals surface area (Å²) in [5.74, 6) is 0. The van der Waals surface area contributed by atoms with Crippen molar-refractivity contribution in [2.75, 3.05) is 0 Å². The van der Waals surface area contributed by atoms with Gasteiger partial charge in [0.25, 0.3) is 6.47 Å². The van der Waals surface area contributed by atoms with Crippen LogP contribution in [0.5, 0.6) is 0 Å². The van der Waals surface area contributed by atoms with Gasteiger partial charge in [0.1, 0.15) is 0 Å². The van der Waals surface area contributed by atoms with E-state index in [2.05, 4.69) is 42.5 Å². The van der Waals surface area contributed by atoms with Crippen LogP contribution in [0.15, 0.2) is 79.1 Å². The second-order valence-corrected chi connectivity index (χ2v) is 5.42. The van der Waals surface area contributed by atoms with Crippen molar-refractivity contribution in [3.63, 3.8) is 0 Å². The molecule has 0 aliphatic heterocycles. The molecule has 0 aliphatic rings. The Morgan fingerprint density at radius 3 is 2.39 bits per heavy atom. The third kappa shape index (κ3) is 3.86. The largest absolute Gasteiger partial charge is 0.436 e. The van der Waals surface area contributed by atoms with E-state index >= 15 is 0 Å². The highest BCUT2D eigenvalue weighted by atomic mass is 16.5. The average molecular weight is 302 g/mol. The minimum Gasteiger partial charge on any atom is -0.436 e. The maximum absolute atomic E-state index is 10.5. The third-order valence-electron chi connectivity index (χ3n) is 3.91. The molecule has 0 saturated carbocycles. The normalized spacial score (nSPS) is 11.4. The summed E-state index contributed by atoms with van der Waals surface area (Å²) in [5.41, 5.74) is 3.37. The van der Waals surface area contributed by atoms with Crippen LogP contribution in [0, 0.1) is 0 Å². The van der Waals surface area contributed by atoms with Gasteiger partial charge in [0, 0.05) is 0 Å². The molecule has 23 heavy (non-hydrogen) atoms. The minimum atomic E-state index is 0.457. The molecule has 0 bridgehead atoms. The summed E-state index contributed by atoms with van der Waals surface area (Å²) >= 11 is 0. The number of benzene rings is 3. The molecule has 0 atom stereocenters. The lowest BCUT2D eigenvalue weighted by atomic mass is 9.98. The Morgan fingerprint density at radius 2 is 1.61 bits per heavy atom. The SMILES string of the molecule is O=COC=C(CCc1ccc2ccccc2c1)c1ccccc1. The Kier molecular flexibility index (Phi) is 4.85. The molecule has 3 aromatic carbocycles. The minimum absolute atomic E-state index is 0.457. The number of ether oxygens (including phenoxy) is 1. The number of allylic oxidation sites excluding steroid dienone is 1. The first-order valence-electron chi connectivity index (χ1n) is 7.68. The highest BCUT2D eigenvalue weighted by molar-refractivity contribution is 5.83. The summed E-state index contributed by atoms with van der Waals surface area (Å²) in [4.78, 5) is 10.5. The second kappa shape index (κ2) is 7.41. The van der Waals surface area contributed by atoms with E-state index in [0.29, 0.717) is 6.47 Å². The highest BCUT2D eigenvalue weighted by Gasteiger charge is 2.04. The van der Waals surface area contributed by atoms with Crippen molar-refractivity contribution >= 4 is 22.8 Å². The van der Waals surface area contributed by atoms with Gasteiger partial charge >= 0.3 is 0 Å². The third-order valence-corrected chi connectivity index (χ3v) is 3.91. The Morgan fingerprint density at radius 1 is 0.870 bits per heavy atom. The van der Waals surface area contributed by atoms with Crippen molar-refractivity contribution in [1.29, 1.82) is 0 Å². The Balaban J connectivity index is 1.78. The van der Waals surface area contributed by atoms with Crippen LogP contribution in [0.25, 0.3) is 16.3 Å². The fourth-order valence-electron chi connectivity index (χ4n) is 2.71. The number of carbonyl (C=O) groups excluding carboxylic acids is 1. The van der Waals surface area contributed by atoms with E-state index in [9.17, 15) is 4.79 Å². The first kappa shape index (κ1) is 15.0. The summed E-state index contributed by atoms with van der Waals surface area (Å²) in [6.07, 6.45) is 3.26. The van der Waals surface area contributed by atoms with E-state index in [1.165, 1.54) is 16.3 Å². The molecule has 2 nitrogen and oxygen atoms in total. The predicted octanol–water partition coefficient (Wildman–Crippen LogP) is 4.99. The summed E-state index contributed by atoms with van der Waals surface area (Å²) in [5, 5.41) is 2.50. The average Bonchev–Trinajstić information content (AvgIpc) is 2.62. The van der Waals surface area contributed by atoms with E-state index in [1.807, 2.05) is 30.3 Å². The summed E-state index contributed by atoms with van der Waals surface area (Å²) in [6.45, 7) is 0.457. The lowest BCUT2D eigenvalue weighted by molar-refractivity contribution is -0.123. The molecule has 2 heteroatoms. The molecule has 0 radical (unpaired) electrons. The van der Waals surface area contributed by atoms with E-state index in [0.717, 1.165) is 24.0 Å². The smallest absolute Gasteiger partial charge is 0.297 e. The molecular formula is C21H18O2. The second-order valence-electron chi connectivity index (χ2n) is 5.42. The number of carbonyl (C=O) groups is 1. The standard InChI is InChI=1S/C21H18O2/c22-16-23-15-21(18-6-2-1-3-7-18)13-11-17-10-12-19-8-4-5-9-20(19)14-17/h1-10,12,14-16H,11,13H2. The van der Waals surface area contributed by atoms with E-state index in [1.54, 1.807) is 6.26 Å². The van der Waals surface area contributed by atoms with Crippen LogP contribution in [0.1, 0.15) is 17.5 Å². The summed E-state index contributed by atoms with van der Waals surface area (Å²) in [6, 6.07) is 24.9. The molecule has 0 saturated heterocycles. The Bertz CT molecular complexity index is 819. The van der Waals surface area contributed by atoms with Gasteiger partial charge in [-0.2, -0.15) is 0 Å². The Labute approximate surface area is 136 Å². The zero-order chi connectivity index (χ0) is 15.9. The van der Waals surface area contributed by atoms with Crippen LogP contribution in [0.2, 0.25) is 0 Å². The van der Waals surface area contributed by atoms with Crippen LogP contribution >= 0.6 is 0 Å². The molecule has 0 aromatic heterocycles. The quantitative estimate of drug-likeness (QED) is 0.474. The van der Waals surface area contributed by atoms with Gasteiger partial charge in [-0.1, -0.05) is 72.8 Å². The highest BCUT2D eigenvalue weighted by Crippen LogP contribution is 2.22. The molecular weight excluding hydrogens is 284 g/mol.